The Morgan fingerprint density at radius 2 is 0.517 bits per heavy atom. The smallest absolute Gasteiger partial charge is 0.457 e. The zero-order valence-electron chi connectivity index (χ0n) is 66.5. The molecule has 0 aliphatic carbocycles. The zero-order chi connectivity index (χ0) is 86.7. The molecule has 9 rings (SSSR count). The molecular weight excluding hydrogens is 1560 g/mol. The SMILES string of the molecule is CC(C)(C)C(OP(=O)(OC(n1ccc(NC(=O)c2cc(C(F)(F)F)ccc2Oc2ccc(F)cc2)cc1=O)(C(C)(C)C)C(C)(C)C)OC(n1ccc(NC(=O)c2cc(C(F)(F)F)ccc2Oc2ccc(F)cc2)cc1=O)(C(C)(C)C)C(C)(C)C)(n1ccc(NC(=O)c2cc(C(F)(F)F)ccc2Oc2ccc(F)cc2)cc1=O)C(C)(C)C. The van der Waals surface area contributed by atoms with Gasteiger partial charge in [0, 0.05) is 86.3 Å². The van der Waals surface area contributed by atoms with Crippen molar-refractivity contribution in [1.29, 1.82) is 0 Å². The largest absolute Gasteiger partial charge is 0.481 e. The lowest BCUT2D eigenvalue weighted by molar-refractivity contribution is -0.263. The first-order valence-corrected chi connectivity index (χ1v) is 37.4. The molecule has 0 aliphatic heterocycles. The third-order valence-electron chi connectivity index (χ3n) is 19.2. The molecule has 3 heterocycles. The van der Waals surface area contributed by atoms with E-state index in [2.05, 4.69) is 16.0 Å². The number of benzene rings is 6. The van der Waals surface area contributed by atoms with Gasteiger partial charge in [0.05, 0.1) is 33.4 Å². The lowest BCUT2D eigenvalue weighted by Crippen LogP contribution is -2.63. The molecule has 0 unspecified atom stereocenters. The van der Waals surface area contributed by atoms with Gasteiger partial charge >= 0.3 is 26.4 Å². The van der Waals surface area contributed by atoms with Crippen LogP contribution in [0.25, 0.3) is 0 Å². The van der Waals surface area contributed by atoms with Crippen LogP contribution in [0.2, 0.25) is 0 Å². The first-order chi connectivity index (χ1) is 53.1. The molecule has 3 aromatic heterocycles. The Morgan fingerprint density at radius 1 is 0.310 bits per heavy atom. The van der Waals surface area contributed by atoms with Gasteiger partial charge in [-0.15, -0.1) is 0 Å². The summed E-state index contributed by atoms with van der Waals surface area (Å²) in [5.41, 5.74) is -27.2. The Hall–Kier alpha value is -10.8. The van der Waals surface area contributed by atoms with Gasteiger partial charge < -0.3 is 30.2 Å². The van der Waals surface area contributed by atoms with Crippen molar-refractivity contribution in [2.75, 3.05) is 16.0 Å². The highest BCUT2D eigenvalue weighted by molar-refractivity contribution is 7.48. The summed E-state index contributed by atoms with van der Waals surface area (Å²) in [5, 5.41) is 7.35. The minimum absolute atomic E-state index is 0.0756. The summed E-state index contributed by atoms with van der Waals surface area (Å²) < 4.78 is 232. The molecule has 0 atom stereocenters. The van der Waals surface area contributed by atoms with Crippen LogP contribution in [0.4, 0.5) is 69.7 Å². The molecular formula is C84H87F12N6O13P. The highest BCUT2D eigenvalue weighted by atomic mass is 31.2. The Kier molecular flexibility index (Phi) is 24.4. The molecule has 32 heteroatoms. The van der Waals surface area contributed by atoms with E-state index < -0.39 is 178 Å². The molecule has 3 amide bonds. The van der Waals surface area contributed by atoms with E-state index in [4.69, 9.17) is 27.8 Å². The Balaban J connectivity index is 1.25. The quantitative estimate of drug-likeness (QED) is 0.0450. The number of pyridine rings is 3. The number of hydrogen-bond donors (Lipinski definition) is 3. The molecule has 620 valence electrons. The summed E-state index contributed by atoms with van der Waals surface area (Å²) >= 11 is 0. The number of halogens is 12. The van der Waals surface area contributed by atoms with Gasteiger partial charge in [0.25, 0.3) is 34.4 Å². The van der Waals surface area contributed by atoms with Gasteiger partial charge in [0.15, 0.2) is 17.2 Å². The van der Waals surface area contributed by atoms with Crippen LogP contribution < -0.4 is 46.8 Å². The number of carbonyl (C=O) groups is 3. The summed E-state index contributed by atoms with van der Waals surface area (Å²) in [6, 6.07) is 25.2. The fraction of sp³-hybridized carbons (Fsp3) is 0.357. The maximum absolute atomic E-state index is 18.4. The van der Waals surface area contributed by atoms with Crippen LogP contribution in [-0.4, -0.2) is 31.4 Å². The van der Waals surface area contributed by atoms with Crippen molar-refractivity contribution in [3.8, 4) is 34.5 Å². The molecule has 0 radical (unpaired) electrons. The number of phosphoric acid groups is 1. The van der Waals surface area contributed by atoms with Gasteiger partial charge in [-0.3, -0.25) is 56.0 Å². The van der Waals surface area contributed by atoms with Gasteiger partial charge in [-0.25, -0.2) is 17.7 Å². The van der Waals surface area contributed by atoms with Crippen LogP contribution in [0, 0.1) is 49.9 Å². The number of carbonyl (C=O) groups excluding carboxylic acids is 3. The van der Waals surface area contributed by atoms with Crippen molar-refractivity contribution in [1.82, 2.24) is 13.7 Å². The van der Waals surface area contributed by atoms with Crippen molar-refractivity contribution in [3.63, 3.8) is 0 Å². The Labute approximate surface area is 660 Å². The number of phosphoric ester groups is 1. The van der Waals surface area contributed by atoms with Crippen molar-refractivity contribution in [2.45, 2.75) is 160 Å². The number of hydrogen-bond acceptors (Lipinski definition) is 13. The highest BCUT2D eigenvalue weighted by Gasteiger charge is 2.68. The summed E-state index contributed by atoms with van der Waals surface area (Å²) in [5.74, 6) is -7.23. The van der Waals surface area contributed by atoms with Crippen molar-refractivity contribution in [3.05, 3.63) is 264 Å². The van der Waals surface area contributed by atoms with E-state index >= 15 is 18.9 Å². The number of anilines is 3. The number of rotatable bonds is 21. The Bertz CT molecular complexity index is 4860. The predicted molar refractivity (Wildman–Crippen MR) is 411 cm³/mol. The molecule has 19 nitrogen and oxygen atoms in total. The fourth-order valence-electron chi connectivity index (χ4n) is 14.9. The van der Waals surface area contributed by atoms with E-state index in [0.717, 1.165) is 160 Å². The Morgan fingerprint density at radius 3 is 0.698 bits per heavy atom. The van der Waals surface area contributed by atoms with Crippen molar-refractivity contribution >= 4 is 42.6 Å². The van der Waals surface area contributed by atoms with Gasteiger partial charge in [-0.05, 0) is 146 Å². The van der Waals surface area contributed by atoms with Crippen molar-refractivity contribution in [2.24, 2.45) is 32.5 Å². The number of amides is 3. The molecule has 0 saturated carbocycles. The summed E-state index contributed by atoms with van der Waals surface area (Å²) in [4.78, 5) is 90.2. The second kappa shape index (κ2) is 31.7. The van der Waals surface area contributed by atoms with Crippen LogP contribution in [0.5, 0.6) is 34.5 Å². The average Bonchev–Trinajstić information content (AvgIpc) is 0.695. The molecule has 116 heavy (non-hydrogen) atoms. The van der Waals surface area contributed by atoms with Crippen LogP contribution in [0.3, 0.4) is 0 Å². The van der Waals surface area contributed by atoms with Gasteiger partial charge in [-0.1, -0.05) is 125 Å². The van der Waals surface area contributed by atoms with E-state index in [1.165, 1.54) is 0 Å². The molecule has 9 aromatic rings. The lowest BCUT2D eigenvalue weighted by atomic mass is 9.68. The first kappa shape index (κ1) is 89.2. The van der Waals surface area contributed by atoms with Gasteiger partial charge in [0.1, 0.15) is 51.9 Å². The minimum Gasteiger partial charge on any atom is -0.457 e. The van der Waals surface area contributed by atoms with E-state index in [1.54, 1.807) is 125 Å². The van der Waals surface area contributed by atoms with Crippen LogP contribution in [0.1, 0.15) is 172 Å². The van der Waals surface area contributed by atoms with Gasteiger partial charge in [0.2, 0.25) is 0 Å². The average molecular weight is 1650 g/mol. The molecule has 6 aromatic carbocycles. The second-order valence-corrected chi connectivity index (χ2v) is 35.1. The summed E-state index contributed by atoms with van der Waals surface area (Å²) in [6.45, 7) is 28.4. The van der Waals surface area contributed by atoms with E-state index in [1.807, 2.05) is 0 Å². The third-order valence-corrected chi connectivity index (χ3v) is 20.6. The first-order valence-electron chi connectivity index (χ1n) is 36.0. The molecule has 0 fully saturated rings. The van der Waals surface area contributed by atoms with Gasteiger partial charge in [-0.2, -0.15) is 39.5 Å². The number of alkyl halides is 9. The fourth-order valence-corrected chi connectivity index (χ4v) is 17.9. The zero-order valence-corrected chi connectivity index (χ0v) is 67.3. The number of ether oxygens (including phenoxy) is 3. The maximum atomic E-state index is 18.4. The number of aromatic nitrogens is 3. The predicted octanol–water partition coefficient (Wildman–Crippen LogP) is 22.6. The number of nitrogens with one attached hydrogen (secondary N) is 3. The third kappa shape index (κ3) is 18.5. The monoisotopic (exact) mass is 1650 g/mol. The molecule has 0 bridgehead atoms. The standard InChI is InChI=1S/C84H87F12N6O13P/c1-73(2,3)82(74(4,5)6,100-40-37-55(46-67(100)103)97-70(106)61-43-49(79(88,89)90)19-34-64(61)110-58-28-22-52(85)23-29-58)113-116(109,114-83(75(7,8)9,76(10,11)12)101-41-38-56(47-68(101)104)98-71(107)62-44-50(80(91,92)93)20-35-65(62)111-59-30-24-53(86)25-31-59)115-84(77(13,14)15,78(16,17)18)102-42-39-57(48-69(102)105)99-72(108)63-45-51(81(94,95)96)21-36-66(63)112-60-32-26-54(87)27-33-60/h19-48H,1-18H3,(H,97,106)(H,98,107)(H,99,108). The second-order valence-electron chi connectivity index (χ2n) is 33.7. The van der Waals surface area contributed by atoms with E-state index in [0.29, 0.717) is 36.4 Å². The van der Waals surface area contributed by atoms with E-state index in [9.17, 15) is 67.1 Å². The number of nitrogens with zero attached hydrogens (tertiary/aromatic N) is 3. The van der Waals surface area contributed by atoms with Crippen molar-refractivity contribution < 1.29 is 99.4 Å². The lowest BCUT2D eigenvalue weighted by Gasteiger charge is -2.59. The molecule has 0 aliphatic rings. The van der Waals surface area contributed by atoms with Crippen LogP contribution in [0.15, 0.2) is 197 Å². The molecule has 3 N–H and O–H groups in total. The maximum Gasteiger partial charge on any atom is 0.481 e. The molecule has 0 saturated heterocycles. The van der Waals surface area contributed by atoms with E-state index in [-0.39, 0.29) is 34.3 Å². The van der Waals surface area contributed by atoms with Crippen LogP contribution in [-0.2, 0) is 53.8 Å². The topological polar surface area (TPSA) is 226 Å². The van der Waals surface area contributed by atoms with Crippen LogP contribution >= 0.6 is 7.82 Å². The minimum atomic E-state index is -6.18. The summed E-state index contributed by atoms with van der Waals surface area (Å²) in [6.07, 6.45) is -11.6. The highest BCUT2D eigenvalue weighted by Crippen LogP contribution is 2.72. The molecule has 0 spiro atoms. The summed E-state index contributed by atoms with van der Waals surface area (Å²) in [7, 11) is -6.18. The normalized spacial score (nSPS) is 13.3.